The smallest absolute Gasteiger partial charge is 0.145 e. The van der Waals surface area contributed by atoms with Gasteiger partial charge >= 0.3 is 0 Å². The molecule has 0 saturated carbocycles. The molecule has 0 saturated heterocycles. The SMILES string of the molecule is CC.CC(C)(C)c1ccc(-c2cccs2)o1.CC(C)(C)c1ccc(-c2ccoc2)o1.CC(C)(C)c1ccc(-c2ccsc2)o1.COCOC. The maximum atomic E-state index is 5.80. The summed E-state index contributed by atoms with van der Waals surface area (Å²) < 4.78 is 31.3. The number of rotatable bonds is 5. The lowest BCUT2D eigenvalue weighted by Crippen LogP contribution is -2.08. The molecule has 49 heavy (non-hydrogen) atoms. The maximum Gasteiger partial charge on any atom is 0.145 e. The monoisotopic (exact) mass is 708 g/mol. The first-order valence-electron chi connectivity index (χ1n) is 16.5. The quantitative estimate of drug-likeness (QED) is 0.166. The minimum Gasteiger partial charge on any atom is -0.472 e. The second-order valence-electron chi connectivity index (χ2n) is 13.9. The van der Waals surface area contributed by atoms with Crippen molar-refractivity contribution in [1.82, 2.24) is 0 Å². The topological polar surface area (TPSA) is 71.0 Å². The Kier molecular flexibility index (Phi) is 16.6. The zero-order chi connectivity index (χ0) is 36.7. The van der Waals surface area contributed by atoms with E-state index in [1.54, 1.807) is 49.4 Å². The highest BCUT2D eigenvalue weighted by molar-refractivity contribution is 7.13. The third kappa shape index (κ3) is 13.7. The lowest BCUT2D eigenvalue weighted by molar-refractivity contribution is -0.00272. The summed E-state index contributed by atoms with van der Waals surface area (Å²) in [6.07, 6.45) is 3.33. The van der Waals surface area contributed by atoms with Gasteiger partial charge in [-0.3, -0.25) is 0 Å². The van der Waals surface area contributed by atoms with Gasteiger partial charge in [0, 0.05) is 41.4 Å². The molecule has 6 nitrogen and oxygen atoms in total. The molecule has 268 valence electrons. The van der Waals surface area contributed by atoms with E-state index in [0.717, 1.165) is 40.1 Å². The van der Waals surface area contributed by atoms with Crippen molar-refractivity contribution in [3.8, 4) is 33.3 Å². The molecule has 0 radical (unpaired) electrons. The van der Waals surface area contributed by atoms with Crippen LogP contribution in [0.15, 0.2) is 107 Å². The van der Waals surface area contributed by atoms with E-state index in [-0.39, 0.29) is 16.2 Å². The molecule has 6 rings (SSSR count). The van der Waals surface area contributed by atoms with Gasteiger partial charge in [0.1, 0.15) is 47.6 Å². The zero-order valence-corrected chi connectivity index (χ0v) is 33.3. The molecule has 0 spiro atoms. The largest absolute Gasteiger partial charge is 0.472 e. The van der Waals surface area contributed by atoms with Crippen LogP contribution < -0.4 is 0 Å². The summed E-state index contributed by atoms with van der Waals surface area (Å²) in [4.78, 5) is 1.19. The number of methoxy groups -OCH3 is 2. The zero-order valence-electron chi connectivity index (χ0n) is 31.6. The summed E-state index contributed by atoms with van der Waals surface area (Å²) >= 11 is 3.40. The number of thiophene rings is 2. The summed E-state index contributed by atoms with van der Waals surface area (Å²) in [5.41, 5.74) is 2.40. The van der Waals surface area contributed by atoms with Crippen LogP contribution in [-0.4, -0.2) is 21.0 Å². The molecular formula is C41H56O6S2. The predicted molar refractivity (Wildman–Crippen MR) is 207 cm³/mol. The van der Waals surface area contributed by atoms with Crippen LogP contribution in [0.3, 0.4) is 0 Å². The van der Waals surface area contributed by atoms with Gasteiger partial charge in [0.15, 0.2) is 0 Å². The second-order valence-corrected chi connectivity index (χ2v) is 15.7. The minimum absolute atomic E-state index is 0.0575. The first kappa shape index (κ1) is 41.6. The molecule has 0 aliphatic heterocycles. The molecule has 8 heteroatoms. The Morgan fingerprint density at radius 2 is 1.06 bits per heavy atom. The van der Waals surface area contributed by atoms with Crippen molar-refractivity contribution in [3.63, 3.8) is 0 Å². The summed E-state index contributed by atoms with van der Waals surface area (Å²) in [6, 6.07) is 20.3. The van der Waals surface area contributed by atoms with Gasteiger partial charge in [0.25, 0.3) is 0 Å². The normalized spacial score (nSPS) is 11.2. The van der Waals surface area contributed by atoms with Crippen LogP contribution >= 0.6 is 22.7 Å². The Bertz CT molecular complexity index is 1460. The molecule has 0 fully saturated rings. The fraction of sp³-hybridized carbons (Fsp3) is 0.415. The summed E-state index contributed by atoms with van der Waals surface area (Å²) in [5, 5.41) is 6.23. The second kappa shape index (κ2) is 19.6. The molecular weight excluding hydrogens is 653 g/mol. The molecule has 0 N–H and O–H groups in total. The first-order valence-corrected chi connectivity index (χ1v) is 18.3. The standard InChI is InChI=1S/C12H14O2.2C12H14OS.C3H8O2.C2H6/c1-12(2,3)11-5-4-10(14-11)9-6-7-13-8-9;1-12(2,3)11-5-4-10(13-11)9-6-7-14-8-9;1-12(2,3)11-7-6-9(13-11)10-5-4-8-14-10;1-4-3-5-2;1-2/h3*4-8H,1-3H3;3H2,1-2H3;1-2H3. The molecule has 0 atom stereocenters. The Hall–Kier alpha value is -3.56. The highest BCUT2D eigenvalue weighted by Gasteiger charge is 2.20. The minimum atomic E-state index is 0.0575. The van der Waals surface area contributed by atoms with Crippen molar-refractivity contribution in [3.05, 3.63) is 107 Å². The van der Waals surface area contributed by atoms with Gasteiger partial charge in [-0.2, -0.15) is 11.3 Å². The third-order valence-electron chi connectivity index (χ3n) is 6.65. The number of ether oxygens (including phenoxy) is 2. The van der Waals surface area contributed by atoms with Crippen LogP contribution in [0.4, 0.5) is 0 Å². The molecule has 6 aromatic rings. The fourth-order valence-corrected chi connectivity index (χ4v) is 5.34. The Labute approximate surface area is 302 Å². The number of hydrogen-bond acceptors (Lipinski definition) is 8. The van der Waals surface area contributed by atoms with Gasteiger partial charge in [-0.15, -0.1) is 11.3 Å². The fourth-order valence-electron chi connectivity index (χ4n) is 4.01. The lowest BCUT2D eigenvalue weighted by atomic mass is 9.94. The highest BCUT2D eigenvalue weighted by atomic mass is 32.1. The maximum absolute atomic E-state index is 5.80. The Morgan fingerprint density at radius 3 is 1.41 bits per heavy atom. The van der Waals surface area contributed by atoms with E-state index in [9.17, 15) is 0 Å². The van der Waals surface area contributed by atoms with Crippen LogP contribution in [0.5, 0.6) is 0 Å². The van der Waals surface area contributed by atoms with Crippen molar-refractivity contribution in [2.45, 2.75) is 92.4 Å². The van der Waals surface area contributed by atoms with E-state index in [1.807, 2.05) is 50.2 Å². The van der Waals surface area contributed by atoms with Gasteiger partial charge < -0.3 is 27.1 Å². The van der Waals surface area contributed by atoms with E-state index >= 15 is 0 Å². The van der Waals surface area contributed by atoms with E-state index in [4.69, 9.17) is 17.7 Å². The van der Waals surface area contributed by atoms with E-state index in [2.05, 4.69) is 112 Å². The highest BCUT2D eigenvalue weighted by Crippen LogP contribution is 2.33. The lowest BCUT2D eigenvalue weighted by Gasteiger charge is -2.13. The van der Waals surface area contributed by atoms with Crippen molar-refractivity contribution in [2.75, 3.05) is 21.0 Å². The summed E-state index contributed by atoms with van der Waals surface area (Å²) in [6.45, 7) is 23.7. The number of furan rings is 4. The Morgan fingerprint density at radius 1 is 0.571 bits per heavy atom. The van der Waals surface area contributed by atoms with Gasteiger partial charge in [0.2, 0.25) is 0 Å². The van der Waals surface area contributed by atoms with E-state index in [0.29, 0.717) is 6.79 Å². The number of hydrogen-bond donors (Lipinski definition) is 0. The molecule has 0 amide bonds. The first-order chi connectivity index (χ1) is 23.1. The van der Waals surface area contributed by atoms with Gasteiger partial charge in [0.05, 0.1) is 16.7 Å². The molecule has 0 aliphatic carbocycles. The molecule has 6 aromatic heterocycles. The van der Waals surface area contributed by atoms with Gasteiger partial charge in [-0.1, -0.05) is 82.2 Å². The summed E-state index contributed by atoms with van der Waals surface area (Å²) in [5.74, 6) is 5.89. The van der Waals surface area contributed by atoms with Crippen molar-refractivity contribution in [1.29, 1.82) is 0 Å². The van der Waals surface area contributed by atoms with Gasteiger partial charge in [-0.25, -0.2) is 0 Å². The van der Waals surface area contributed by atoms with Gasteiger partial charge in [-0.05, 0) is 65.4 Å². The average molecular weight is 709 g/mol. The van der Waals surface area contributed by atoms with E-state index in [1.165, 1.54) is 10.4 Å². The average Bonchev–Trinajstić information content (AvgIpc) is 3.89. The predicted octanol–water partition coefficient (Wildman–Crippen LogP) is 13.7. The molecule has 0 aromatic carbocycles. The van der Waals surface area contributed by atoms with Crippen LogP contribution in [0, 0.1) is 0 Å². The summed E-state index contributed by atoms with van der Waals surface area (Å²) in [7, 11) is 3.17. The van der Waals surface area contributed by atoms with Crippen LogP contribution in [0.1, 0.15) is 93.4 Å². The molecule has 0 aliphatic rings. The molecule has 0 bridgehead atoms. The molecule has 6 heterocycles. The van der Waals surface area contributed by atoms with Crippen molar-refractivity contribution in [2.24, 2.45) is 0 Å². The third-order valence-corrected chi connectivity index (χ3v) is 8.21. The van der Waals surface area contributed by atoms with Crippen LogP contribution in [0.25, 0.3) is 33.3 Å². The molecule has 0 unspecified atom stereocenters. The van der Waals surface area contributed by atoms with E-state index < -0.39 is 0 Å². The van der Waals surface area contributed by atoms with Crippen molar-refractivity contribution >= 4 is 22.7 Å². The van der Waals surface area contributed by atoms with Crippen molar-refractivity contribution < 1.29 is 27.1 Å². The van der Waals surface area contributed by atoms with Crippen LogP contribution in [0.2, 0.25) is 0 Å². The Balaban J connectivity index is 0.000000233. The van der Waals surface area contributed by atoms with Crippen LogP contribution in [-0.2, 0) is 25.7 Å².